The van der Waals surface area contributed by atoms with E-state index >= 15 is 0 Å². The van der Waals surface area contributed by atoms with E-state index < -0.39 is 0 Å². The van der Waals surface area contributed by atoms with Gasteiger partial charge in [0, 0.05) is 0 Å². The van der Waals surface area contributed by atoms with Crippen LogP contribution in [0.4, 0.5) is 0 Å². The zero-order valence-corrected chi connectivity index (χ0v) is 6.59. The molecule has 4 heteroatoms. The molecule has 0 aliphatic heterocycles. The first-order chi connectivity index (χ1) is 4.83. The lowest BCUT2D eigenvalue weighted by Crippen LogP contribution is -1.72. The fraction of sp³-hybridized carbons (Fsp3) is 0.167. The maximum absolute atomic E-state index is 9.64. The molecule has 1 aromatic rings. The Balaban J connectivity index is 2.66. The van der Waals surface area contributed by atoms with Crippen LogP contribution >= 0.6 is 15.9 Å². The SMILES string of the molecule is O=C=NCc1ccc(Br)o1. The predicted octanol–water partition coefficient (Wildman–Crippen LogP) is 1.88. The summed E-state index contributed by atoms with van der Waals surface area (Å²) < 4.78 is 5.67. The zero-order chi connectivity index (χ0) is 7.40. The van der Waals surface area contributed by atoms with E-state index in [-0.39, 0.29) is 6.54 Å². The van der Waals surface area contributed by atoms with E-state index in [0.717, 1.165) is 0 Å². The number of carbonyl (C=O) groups excluding carboxylic acids is 1. The molecule has 1 aromatic heterocycles. The molecular formula is C6H4BrNO2. The third kappa shape index (κ3) is 1.83. The van der Waals surface area contributed by atoms with Gasteiger partial charge in [-0.1, -0.05) is 0 Å². The first-order valence-corrected chi connectivity index (χ1v) is 3.40. The summed E-state index contributed by atoms with van der Waals surface area (Å²) in [7, 11) is 0. The third-order valence-corrected chi connectivity index (χ3v) is 1.35. The summed E-state index contributed by atoms with van der Waals surface area (Å²) in [5, 5.41) is 0. The van der Waals surface area contributed by atoms with Gasteiger partial charge >= 0.3 is 0 Å². The Labute approximate surface area is 65.9 Å². The van der Waals surface area contributed by atoms with Crippen LogP contribution in [0.5, 0.6) is 0 Å². The molecule has 0 aliphatic carbocycles. The van der Waals surface area contributed by atoms with Crippen molar-refractivity contribution in [3.63, 3.8) is 0 Å². The molecule has 10 heavy (non-hydrogen) atoms. The van der Waals surface area contributed by atoms with Crippen LogP contribution in [0.2, 0.25) is 0 Å². The third-order valence-electron chi connectivity index (χ3n) is 0.928. The van der Waals surface area contributed by atoms with Crippen LogP contribution in [0.25, 0.3) is 0 Å². The second-order valence-electron chi connectivity index (χ2n) is 1.61. The summed E-state index contributed by atoms with van der Waals surface area (Å²) in [6, 6.07) is 3.49. The van der Waals surface area contributed by atoms with Crippen molar-refractivity contribution >= 4 is 22.0 Å². The highest BCUT2D eigenvalue weighted by Gasteiger charge is 1.95. The van der Waals surface area contributed by atoms with E-state index in [2.05, 4.69) is 20.9 Å². The number of aliphatic imine (C=N–C) groups is 1. The Kier molecular flexibility index (Phi) is 2.42. The highest BCUT2D eigenvalue weighted by atomic mass is 79.9. The minimum absolute atomic E-state index is 0.259. The lowest BCUT2D eigenvalue weighted by Gasteiger charge is -1.82. The Hall–Kier alpha value is -0.860. The largest absolute Gasteiger partial charge is 0.452 e. The second kappa shape index (κ2) is 3.34. The first kappa shape index (κ1) is 7.25. The lowest BCUT2D eigenvalue weighted by atomic mass is 10.5. The number of rotatable bonds is 2. The Morgan fingerprint density at radius 2 is 2.50 bits per heavy atom. The van der Waals surface area contributed by atoms with Gasteiger partial charge in [-0.15, -0.1) is 0 Å². The molecule has 1 rings (SSSR count). The van der Waals surface area contributed by atoms with Gasteiger partial charge in [-0.2, -0.15) is 4.99 Å². The summed E-state index contributed by atoms with van der Waals surface area (Å²) in [5.74, 6) is 0.648. The van der Waals surface area contributed by atoms with Gasteiger partial charge in [0.2, 0.25) is 6.08 Å². The maximum atomic E-state index is 9.64. The van der Waals surface area contributed by atoms with Crippen molar-refractivity contribution in [3.8, 4) is 0 Å². The van der Waals surface area contributed by atoms with Gasteiger partial charge in [0.1, 0.15) is 12.3 Å². The molecule has 0 saturated carbocycles. The number of halogens is 1. The van der Waals surface area contributed by atoms with E-state index in [1.54, 1.807) is 12.1 Å². The molecule has 0 radical (unpaired) electrons. The fourth-order valence-electron chi connectivity index (χ4n) is 0.547. The van der Waals surface area contributed by atoms with Crippen molar-refractivity contribution in [2.45, 2.75) is 6.54 Å². The highest BCUT2D eigenvalue weighted by molar-refractivity contribution is 9.10. The Bertz CT molecular complexity index is 262. The van der Waals surface area contributed by atoms with Crippen LogP contribution in [-0.4, -0.2) is 6.08 Å². The van der Waals surface area contributed by atoms with Gasteiger partial charge in [0.25, 0.3) is 0 Å². The molecule has 52 valence electrons. The Morgan fingerprint density at radius 3 is 3.00 bits per heavy atom. The van der Waals surface area contributed by atoms with Crippen molar-refractivity contribution in [3.05, 3.63) is 22.6 Å². The number of nitrogens with zero attached hydrogens (tertiary/aromatic N) is 1. The highest BCUT2D eigenvalue weighted by Crippen LogP contribution is 2.14. The molecule has 0 bridgehead atoms. The summed E-state index contributed by atoms with van der Waals surface area (Å²) >= 11 is 3.12. The molecule has 3 nitrogen and oxygen atoms in total. The molecule has 0 saturated heterocycles. The van der Waals surface area contributed by atoms with Crippen LogP contribution in [-0.2, 0) is 11.3 Å². The van der Waals surface area contributed by atoms with Crippen molar-refractivity contribution in [2.24, 2.45) is 4.99 Å². The van der Waals surface area contributed by atoms with Crippen molar-refractivity contribution < 1.29 is 9.21 Å². The fourth-order valence-corrected chi connectivity index (χ4v) is 0.887. The summed E-state index contributed by atoms with van der Waals surface area (Å²) in [4.78, 5) is 13.0. The van der Waals surface area contributed by atoms with Gasteiger partial charge in [0.15, 0.2) is 4.67 Å². The minimum Gasteiger partial charge on any atom is -0.452 e. The van der Waals surface area contributed by atoms with Crippen molar-refractivity contribution in [1.82, 2.24) is 0 Å². The topological polar surface area (TPSA) is 42.6 Å². The minimum atomic E-state index is 0.259. The average molecular weight is 202 g/mol. The smallest absolute Gasteiger partial charge is 0.235 e. The quantitative estimate of drug-likeness (QED) is 0.542. The lowest BCUT2D eigenvalue weighted by molar-refractivity contribution is 0.489. The van der Waals surface area contributed by atoms with Crippen LogP contribution < -0.4 is 0 Å². The zero-order valence-electron chi connectivity index (χ0n) is 5.00. The molecular weight excluding hydrogens is 198 g/mol. The molecule has 0 amide bonds. The van der Waals surface area contributed by atoms with Crippen LogP contribution in [0.15, 0.2) is 26.2 Å². The predicted molar refractivity (Wildman–Crippen MR) is 38.2 cm³/mol. The normalized spacial score (nSPS) is 8.90. The van der Waals surface area contributed by atoms with Crippen molar-refractivity contribution in [1.29, 1.82) is 0 Å². The molecule has 1 heterocycles. The number of hydrogen-bond donors (Lipinski definition) is 0. The van der Waals surface area contributed by atoms with Crippen molar-refractivity contribution in [2.75, 3.05) is 0 Å². The maximum Gasteiger partial charge on any atom is 0.235 e. The van der Waals surface area contributed by atoms with E-state index in [0.29, 0.717) is 10.4 Å². The molecule has 0 unspecified atom stereocenters. The molecule has 0 spiro atoms. The van der Waals surface area contributed by atoms with Gasteiger partial charge in [-0.05, 0) is 28.1 Å². The second-order valence-corrected chi connectivity index (χ2v) is 2.39. The average Bonchev–Trinajstić information content (AvgIpc) is 2.31. The molecule has 0 aliphatic rings. The number of furan rings is 1. The monoisotopic (exact) mass is 201 g/mol. The molecule has 0 atom stereocenters. The van der Waals surface area contributed by atoms with E-state index in [1.165, 1.54) is 6.08 Å². The van der Waals surface area contributed by atoms with Crippen LogP contribution in [0, 0.1) is 0 Å². The summed E-state index contributed by atoms with van der Waals surface area (Å²) in [5.41, 5.74) is 0. The van der Waals surface area contributed by atoms with E-state index in [1.807, 2.05) is 0 Å². The first-order valence-electron chi connectivity index (χ1n) is 2.61. The Morgan fingerprint density at radius 1 is 1.70 bits per heavy atom. The van der Waals surface area contributed by atoms with Crippen LogP contribution in [0.3, 0.4) is 0 Å². The van der Waals surface area contributed by atoms with E-state index in [9.17, 15) is 4.79 Å². The van der Waals surface area contributed by atoms with Gasteiger partial charge in [0.05, 0.1) is 0 Å². The summed E-state index contributed by atoms with van der Waals surface area (Å²) in [6.45, 7) is 0.259. The standard InChI is InChI=1S/C6H4BrNO2/c7-6-2-1-5(10-6)3-8-4-9/h1-2H,3H2. The molecule has 0 N–H and O–H groups in total. The van der Waals surface area contributed by atoms with E-state index in [4.69, 9.17) is 4.42 Å². The summed E-state index contributed by atoms with van der Waals surface area (Å²) in [6.07, 6.45) is 1.43. The van der Waals surface area contributed by atoms with Gasteiger partial charge < -0.3 is 4.42 Å². The molecule has 0 aromatic carbocycles. The number of hydrogen-bond acceptors (Lipinski definition) is 3. The van der Waals surface area contributed by atoms with Gasteiger partial charge in [-0.25, -0.2) is 4.79 Å². The number of isocyanates is 1. The van der Waals surface area contributed by atoms with Gasteiger partial charge in [-0.3, -0.25) is 0 Å². The van der Waals surface area contributed by atoms with Crippen LogP contribution in [0.1, 0.15) is 5.76 Å². The molecule has 0 fully saturated rings.